The van der Waals surface area contributed by atoms with Crippen LogP contribution < -0.4 is 10.1 Å². The maximum Gasteiger partial charge on any atom is 0.259 e. The molecule has 0 bridgehead atoms. The van der Waals surface area contributed by atoms with Gasteiger partial charge in [0.1, 0.15) is 21.2 Å². The smallest absolute Gasteiger partial charge is 0.259 e. The van der Waals surface area contributed by atoms with Crippen molar-refractivity contribution >= 4 is 44.3 Å². The topological polar surface area (TPSA) is 99.1 Å². The summed E-state index contributed by atoms with van der Waals surface area (Å²) in [6, 6.07) is 7.53. The van der Waals surface area contributed by atoms with Crippen molar-refractivity contribution in [1.29, 1.82) is 0 Å². The number of hydrogen-bond donors (Lipinski definition) is 1. The molecule has 0 unspecified atom stereocenters. The fraction of sp³-hybridized carbons (Fsp3) is 0.346. The van der Waals surface area contributed by atoms with Crippen molar-refractivity contribution < 1.29 is 14.3 Å². The lowest BCUT2D eigenvalue weighted by atomic mass is 9.85. The van der Waals surface area contributed by atoms with E-state index in [4.69, 9.17) is 26.1 Å². The summed E-state index contributed by atoms with van der Waals surface area (Å²) in [5.41, 5.74) is 4.28. The molecule has 0 aliphatic heterocycles. The zero-order valence-electron chi connectivity index (χ0n) is 20.2. The highest BCUT2D eigenvalue weighted by molar-refractivity contribution is 7.22. The first-order chi connectivity index (χ1) is 17.4. The van der Waals surface area contributed by atoms with E-state index in [1.807, 2.05) is 25.1 Å². The van der Waals surface area contributed by atoms with Crippen molar-refractivity contribution in [2.45, 2.75) is 44.6 Å². The molecule has 1 N–H and O–H groups in total. The molecular formula is C26H26ClN5O3S. The second kappa shape index (κ2) is 10.5. The highest BCUT2D eigenvalue weighted by Gasteiger charge is 2.24. The molecule has 4 aromatic heterocycles. The van der Waals surface area contributed by atoms with Crippen LogP contribution in [-0.4, -0.2) is 46.2 Å². The van der Waals surface area contributed by atoms with Crippen LogP contribution in [0.2, 0.25) is 5.15 Å². The number of aromatic nitrogens is 4. The number of methoxy groups -OCH3 is 2. The van der Waals surface area contributed by atoms with Crippen molar-refractivity contribution in [3.05, 3.63) is 58.8 Å². The zero-order valence-corrected chi connectivity index (χ0v) is 21.8. The second-order valence-corrected chi connectivity index (χ2v) is 10.2. The Hall–Kier alpha value is -3.14. The molecule has 4 heterocycles. The number of carbonyl (C=O) groups excluding carboxylic acids is 1. The number of amides is 1. The molecule has 1 saturated carbocycles. The number of carbonyl (C=O) groups is 1. The number of rotatable bonds is 6. The van der Waals surface area contributed by atoms with E-state index in [2.05, 4.69) is 20.3 Å². The summed E-state index contributed by atoms with van der Waals surface area (Å²) in [5.74, 6) is 0.601. The van der Waals surface area contributed by atoms with Crippen LogP contribution in [0.5, 0.6) is 5.75 Å². The Morgan fingerprint density at radius 3 is 2.61 bits per heavy atom. The number of ether oxygens (including phenoxy) is 2. The molecule has 4 aromatic rings. The van der Waals surface area contributed by atoms with Gasteiger partial charge in [0.25, 0.3) is 5.91 Å². The quantitative estimate of drug-likeness (QED) is 0.307. The summed E-state index contributed by atoms with van der Waals surface area (Å²) in [7, 11) is 3.33. The molecule has 1 fully saturated rings. The normalized spacial score (nSPS) is 17.8. The number of nitrogens with one attached hydrogen (secondary N) is 1. The molecule has 1 amide bonds. The Morgan fingerprint density at radius 1 is 1.06 bits per heavy atom. The van der Waals surface area contributed by atoms with Crippen LogP contribution in [0.1, 0.15) is 53.3 Å². The number of fused-ring (bicyclic) bond motifs is 1. The Kier molecular flexibility index (Phi) is 7.13. The van der Waals surface area contributed by atoms with Gasteiger partial charge in [-0.2, -0.15) is 0 Å². The predicted octanol–water partition coefficient (Wildman–Crippen LogP) is 6.04. The van der Waals surface area contributed by atoms with Gasteiger partial charge >= 0.3 is 0 Å². The summed E-state index contributed by atoms with van der Waals surface area (Å²) in [6.07, 6.45) is 7.65. The van der Waals surface area contributed by atoms with E-state index in [0.717, 1.165) is 47.4 Å². The Balaban J connectivity index is 1.41. The first-order valence-corrected chi connectivity index (χ1v) is 12.9. The molecule has 0 spiro atoms. The van der Waals surface area contributed by atoms with Crippen molar-refractivity contribution in [3.8, 4) is 16.9 Å². The Labute approximate surface area is 218 Å². The van der Waals surface area contributed by atoms with Crippen LogP contribution in [-0.2, 0) is 4.74 Å². The first kappa shape index (κ1) is 24.5. The molecule has 186 valence electrons. The molecule has 0 radical (unpaired) electrons. The third-order valence-electron chi connectivity index (χ3n) is 6.55. The molecule has 0 atom stereocenters. The fourth-order valence-electron chi connectivity index (χ4n) is 4.63. The number of hydrogen-bond acceptors (Lipinski definition) is 8. The van der Waals surface area contributed by atoms with Gasteiger partial charge < -0.3 is 9.47 Å². The Morgan fingerprint density at radius 2 is 1.86 bits per heavy atom. The van der Waals surface area contributed by atoms with E-state index >= 15 is 0 Å². The van der Waals surface area contributed by atoms with Crippen molar-refractivity contribution in [1.82, 2.24) is 19.9 Å². The lowest BCUT2D eigenvalue weighted by Crippen LogP contribution is -2.19. The molecule has 1 aliphatic rings. The largest absolute Gasteiger partial charge is 0.494 e. The zero-order chi connectivity index (χ0) is 25.2. The number of aryl methyl sites for hydroxylation is 1. The molecule has 36 heavy (non-hydrogen) atoms. The van der Waals surface area contributed by atoms with Gasteiger partial charge in [-0.05, 0) is 56.9 Å². The average Bonchev–Trinajstić information content (AvgIpc) is 3.30. The molecular weight excluding hydrogens is 498 g/mol. The predicted molar refractivity (Wildman–Crippen MR) is 141 cm³/mol. The van der Waals surface area contributed by atoms with E-state index in [0.29, 0.717) is 44.7 Å². The van der Waals surface area contributed by atoms with E-state index in [9.17, 15) is 4.79 Å². The van der Waals surface area contributed by atoms with Gasteiger partial charge in [-0.1, -0.05) is 22.9 Å². The fourth-order valence-corrected chi connectivity index (χ4v) is 5.62. The van der Waals surface area contributed by atoms with Gasteiger partial charge in [0.15, 0.2) is 5.13 Å². The van der Waals surface area contributed by atoms with Gasteiger partial charge in [-0.3, -0.25) is 15.1 Å². The molecule has 5 rings (SSSR count). The van der Waals surface area contributed by atoms with Gasteiger partial charge in [0.05, 0.1) is 25.0 Å². The van der Waals surface area contributed by atoms with E-state index in [1.165, 1.54) is 17.5 Å². The lowest BCUT2D eigenvalue weighted by Gasteiger charge is -2.27. The minimum absolute atomic E-state index is 0.301. The number of nitrogens with zero attached hydrogens (tertiary/aromatic N) is 4. The van der Waals surface area contributed by atoms with Crippen molar-refractivity contribution in [2.24, 2.45) is 0 Å². The standard InChI is InChI=1S/C26H26ClN5O3S/c1-14-10-17(18-11-23(27)29-13-22(18)35-3)19(12-28-14)24(33)32-26-31-21-9-8-20(30-25(21)36-26)15-4-6-16(34-2)7-5-15/h8-13,15-16H,4-7H2,1-3H3,(H,31,32,33). The van der Waals surface area contributed by atoms with Crippen LogP contribution in [0.3, 0.4) is 0 Å². The first-order valence-electron chi connectivity index (χ1n) is 11.7. The van der Waals surface area contributed by atoms with Crippen LogP contribution in [0.15, 0.2) is 36.7 Å². The summed E-state index contributed by atoms with van der Waals surface area (Å²) in [6.45, 7) is 1.86. The third kappa shape index (κ3) is 5.04. The van der Waals surface area contributed by atoms with Gasteiger partial charge in [-0.15, -0.1) is 0 Å². The van der Waals surface area contributed by atoms with Gasteiger partial charge in [0.2, 0.25) is 0 Å². The SMILES string of the molecule is COc1cnc(Cl)cc1-c1cc(C)ncc1C(=O)Nc1nc2ccc(C3CCC(OC)CC3)nc2s1. The van der Waals surface area contributed by atoms with Gasteiger partial charge in [0, 0.05) is 41.7 Å². The molecule has 1 aliphatic carbocycles. The molecule has 8 nitrogen and oxygen atoms in total. The summed E-state index contributed by atoms with van der Waals surface area (Å²) in [5, 5.41) is 3.71. The minimum Gasteiger partial charge on any atom is -0.494 e. The highest BCUT2D eigenvalue weighted by atomic mass is 35.5. The molecule has 0 aromatic carbocycles. The molecule has 10 heteroatoms. The van der Waals surface area contributed by atoms with Crippen LogP contribution in [0.25, 0.3) is 21.5 Å². The van der Waals surface area contributed by atoms with Crippen molar-refractivity contribution in [3.63, 3.8) is 0 Å². The maximum absolute atomic E-state index is 13.3. The Bertz CT molecular complexity index is 1420. The van der Waals surface area contributed by atoms with Gasteiger partial charge in [-0.25, -0.2) is 15.0 Å². The number of thiazole rings is 1. The van der Waals surface area contributed by atoms with E-state index < -0.39 is 0 Å². The summed E-state index contributed by atoms with van der Waals surface area (Å²) >= 11 is 7.51. The van der Waals surface area contributed by atoms with Crippen LogP contribution in [0, 0.1) is 6.92 Å². The monoisotopic (exact) mass is 523 g/mol. The van der Waals surface area contributed by atoms with Crippen molar-refractivity contribution in [2.75, 3.05) is 19.5 Å². The van der Waals surface area contributed by atoms with Crippen LogP contribution >= 0.6 is 22.9 Å². The second-order valence-electron chi connectivity index (χ2n) is 8.82. The lowest BCUT2D eigenvalue weighted by molar-refractivity contribution is 0.0655. The molecule has 0 saturated heterocycles. The number of pyridine rings is 3. The number of anilines is 1. The maximum atomic E-state index is 13.3. The highest BCUT2D eigenvalue weighted by Crippen LogP contribution is 2.36. The third-order valence-corrected chi connectivity index (χ3v) is 7.64. The summed E-state index contributed by atoms with van der Waals surface area (Å²) < 4.78 is 11.0. The minimum atomic E-state index is -0.329. The van der Waals surface area contributed by atoms with Crippen LogP contribution in [0.4, 0.5) is 5.13 Å². The average molecular weight is 524 g/mol. The van der Waals surface area contributed by atoms with E-state index in [-0.39, 0.29) is 5.91 Å². The summed E-state index contributed by atoms with van der Waals surface area (Å²) in [4.78, 5) is 32.0. The van der Waals surface area contributed by atoms with E-state index in [1.54, 1.807) is 26.5 Å². The number of halogens is 1.